The summed E-state index contributed by atoms with van der Waals surface area (Å²) in [7, 11) is 1.71. The van der Waals surface area contributed by atoms with E-state index in [1.54, 1.807) is 18.4 Å². The van der Waals surface area contributed by atoms with E-state index in [-0.39, 0.29) is 0 Å². The summed E-state index contributed by atoms with van der Waals surface area (Å²) >= 11 is 1.67. The van der Waals surface area contributed by atoms with E-state index in [4.69, 9.17) is 4.74 Å². The Kier molecular flexibility index (Phi) is 4.72. The lowest BCUT2D eigenvalue weighted by molar-refractivity contribution is 0.189. The zero-order valence-electron chi connectivity index (χ0n) is 10.7. The normalized spacial score (nSPS) is 10.8. The number of ether oxygens (including phenoxy) is 1. The molecule has 0 aliphatic rings. The number of anilines is 1. The molecule has 2 aromatic rings. The molecule has 0 radical (unpaired) electrons. The van der Waals surface area contributed by atoms with Gasteiger partial charge in [0.15, 0.2) is 0 Å². The monoisotopic (exact) mass is 266 g/mol. The third kappa shape index (κ3) is 3.82. The molecule has 2 rings (SSSR count). The first-order valence-electron chi connectivity index (χ1n) is 5.95. The van der Waals surface area contributed by atoms with E-state index in [0.29, 0.717) is 0 Å². The molecule has 1 N–H and O–H groups in total. The highest BCUT2D eigenvalue weighted by atomic mass is 32.1. The molecule has 0 saturated carbocycles. The predicted molar refractivity (Wildman–Crippen MR) is 72.9 cm³/mol. The van der Waals surface area contributed by atoms with Crippen LogP contribution in [0.25, 0.3) is 0 Å². The topological polar surface area (TPSA) is 52.0 Å². The van der Waals surface area contributed by atoms with E-state index in [0.717, 1.165) is 42.6 Å². The van der Waals surface area contributed by atoms with Crippen LogP contribution in [0.15, 0.2) is 17.6 Å². The van der Waals surface area contributed by atoms with Gasteiger partial charge in [0.1, 0.15) is 10.8 Å². The van der Waals surface area contributed by atoms with Crippen molar-refractivity contribution in [2.75, 3.05) is 19.0 Å². The third-order valence-electron chi connectivity index (χ3n) is 2.46. The third-order valence-corrected chi connectivity index (χ3v) is 3.43. The van der Waals surface area contributed by atoms with Crippen LogP contribution >= 0.6 is 11.3 Å². The summed E-state index contributed by atoms with van der Waals surface area (Å²) in [5.41, 5.74) is 1.07. The molecule has 2 heterocycles. The number of rotatable bonds is 7. The Balaban J connectivity index is 1.79. The minimum atomic E-state index is 0.730. The van der Waals surface area contributed by atoms with Gasteiger partial charge in [0.05, 0.1) is 6.54 Å². The Bertz CT molecular complexity index is 480. The van der Waals surface area contributed by atoms with Gasteiger partial charge in [-0.3, -0.25) is 4.68 Å². The van der Waals surface area contributed by atoms with Crippen LogP contribution in [0.4, 0.5) is 5.82 Å². The largest absolute Gasteiger partial charge is 0.385 e. The van der Waals surface area contributed by atoms with Crippen molar-refractivity contribution >= 4 is 17.2 Å². The van der Waals surface area contributed by atoms with Crippen molar-refractivity contribution in [3.8, 4) is 0 Å². The van der Waals surface area contributed by atoms with Crippen LogP contribution in [-0.2, 0) is 17.8 Å². The van der Waals surface area contributed by atoms with E-state index in [1.807, 2.05) is 23.9 Å². The Morgan fingerprint density at radius 3 is 3.11 bits per heavy atom. The molecule has 5 nitrogen and oxygen atoms in total. The van der Waals surface area contributed by atoms with Gasteiger partial charge in [0.25, 0.3) is 0 Å². The van der Waals surface area contributed by atoms with Crippen molar-refractivity contribution < 1.29 is 4.74 Å². The summed E-state index contributed by atoms with van der Waals surface area (Å²) in [5.74, 6) is 0.889. The van der Waals surface area contributed by atoms with E-state index in [2.05, 4.69) is 20.8 Å². The smallest absolute Gasteiger partial charge is 0.148 e. The van der Waals surface area contributed by atoms with Crippen molar-refractivity contribution in [3.05, 3.63) is 28.3 Å². The Morgan fingerprint density at radius 1 is 1.50 bits per heavy atom. The summed E-state index contributed by atoms with van der Waals surface area (Å²) in [6, 6.07) is 1.98. The first-order valence-corrected chi connectivity index (χ1v) is 6.83. The molecule has 0 atom stereocenters. The van der Waals surface area contributed by atoms with Gasteiger partial charge in [-0.25, -0.2) is 4.98 Å². The number of aromatic nitrogens is 3. The van der Waals surface area contributed by atoms with Crippen LogP contribution in [0.3, 0.4) is 0 Å². The van der Waals surface area contributed by atoms with E-state index in [9.17, 15) is 0 Å². The maximum absolute atomic E-state index is 5.01. The van der Waals surface area contributed by atoms with Crippen LogP contribution in [0.5, 0.6) is 0 Å². The van der Waals surface area contributed by atoms with Gasteiger partial charge in [0.2, 0.25) is 0 Å². The summed E-state index contributed by atoms with van der Waals surface area (Å²) < 4.78 is 6.94. The molecule has 0 aliphatic heterocycles. The standard InChI is InChI=1S/C12H18N4OS/c1-10-9-18-12(14-10)8-13-11-4-6-16(15-11)5-3-7-17-2/h4,6,9H,3,5,7-8H2,1-2H3,(H,13,15). The molecule has 0 spiro atoms. The number of methoxy groups -OCH3 is 1. The molecule has 18 heavy (non-hydrogen) atoms. The molecule has 2 aromatic heterocycles. The molecule has 98 valence electrons. The Morgan fingerprint density at radius 2 is 2.39 bits per heavy atom. The van der Waals surface area contributed by atoms with Gasteiger partial charge in [-0.2, -0.15) is 5.10 Å². The van der Waals surface area contributed by atoms with Crippen molar-refractivity contribution in [1.29, 1.82) is 0 Å². The zero-order valence-corrected chi connectivity index (χ0v) is 11.5. The fourth-order valence-corrected chi connectivity index (χ4v) is 2.31. The Labute approximate surface area is 111 Å². The maximum atomic E-state index is 5.01. The highest BCUT2D eigenvalue weighted by molar-refractivity contribution is 7.09. The van der Waals surface area contributed by atoms with Crippen molar-refractivity contribution in [1.82, 2.24) is 14.8 Å². The number of thiazole rings is 1. The molecule has 0 saturated heterocycles. The molecule has 0 fully saturated rings. The molecular weight excluding hydrogens is 248 g/mol. The van der Waals surface area contributed by atoms with Crippen LogP contribution in [0.2, 0.25) is 0 Å². The number of hydrogen-bond acceptors (Lipinski definition) is 5. The summed E-state index contributed by atoms with van der Waals surface area (Å²) in [4.78, 5) is 4.40. The average molecular weight is 266 g/mol. The first-order chi connectivity index (χ1) is 8.78. The maximum Gasteiger partial charge on any atom is 0.148 e. The lowest BCUT2D eigenvalue weighted by Gasteiger charge is -2.01. The van der Waals surface area contributed by atoms with Crippen LogP contribution in [-0.4, -0.2) is 28.5 Å². The van der Waals surface area contributed by atoms with Gasteiger partial charge in [-0.15, -0.1) is 11.3 Å². The first kappa shape index (κ1) is 13.0. The molecule has 6 heteroatoms. The minimum Gasteiger partial charge on any atom is -0.385 e. The summed E-state index contributed by atoms with van der Waals surface area (Å²) in [5, 5.41) is 10.8. The van der Waals surface area contributed by atoms with Crippen molar-refractivity contribution in [3.63, 3.8) is 0 Å². The van der Waals surface area contributed by atoms with Crippen LogP contribution in [0, 0.1) is 6.92 Å². The summed E-state index contributed by atoms with van der Waals surface area (Å²) in [6.07, 6.45) is 2.95. The number of aryl methyl sites for hydroxylation is 2. The number of nitrogens with zero attached hydrogens (tertiary/aromatic N) is 3. The average Bonchev–Trinajstić information content (AvgIpc) is 2.96. The highest BCUT2D eigenvalue weighted by Gasteiger charge is 2.01. The zero-order chi connectivity index (χ0) is 12.8. The number of hydrogen-bond donors (Lipinski definition) is 1. The lowest BCUT2D eigenvalue weighted by Crippen LogP contribution is -2.04. The molecule has 0 aliphatic carbocycles. The molecule has 0 aromatic carbocycles. The van der Waals surface area contributed by atoms with E-state index in [1.165, 1.54) is 0 Å². The van der Waals surface area contributed by atoms with Gasteiger partial charge in [0, 0.05) is 43.6 Å². The SMILES string of the molecule is COCCCn1ccc(NCc2nc(C)cs2)n1. The molecule has 0 unspecified atom stereocenters. The van der Waals surface area contributed by atoms with Gasteiger partial charge in [-0.05, 0) is 13.3 Å². The van der Waals surface area contributed by atoms with Gasteiger partial charge >= 0.3 is 0 Å². The lowest BCUT2D eigenvalue weighted by atomic mass is 10.4. The molecular formula is C12H18N4OS. The highest BCUT2D eigenvalue weighted by Crippen LogP contribution is 2.11. The summed E-state index contributed by atoms with van der Waals surface area (Å²) in [6.45, 7) is 4.38. The van der Waals surface area contributed by atoms with Crippen LogP contribution < -0.4 is 5.32 Å². The van der Waals surface area contributed by atoms with E-state index < -0.39 is 0 Å². The van der Waals surface area contributed by atoms with Gasteiger partial charge in [-0.1, -0.05) is 0 Å². The molecule has 0 bridgehead atoms. The minimum absolute atomic E-state index is 0.730. The fraction of sp³-hybridized carbons (Fsp3) is 0.500. The second-order valence-electron chi connectivity index (χ2n) is 4.05. The quantitative estimate of drug-likeness (QED) is 0.781. The second-order valence-corrected chi connectivity index (χ2v) is 4.99. The van der Waals surface area contributed by atoms with E-state index >= 15 is 0 Å². The van der Waals surface area contributed by atoms with Gasteiger partial charge < -0.3 is 10.1 Å². The fourth-order valence-electron chi connectivity index (χ4n) is 1.60. The molecule has 0 amide bonds. The number of nitrogens with one attached hydrogen (secondary N) is 1. The van der Waals surface area contributed by atoms with Crippen LogP contribution in [0.1, 0.15) is 17.1 Å². The predicted octanol–water partition coefficient (Wildman–Crippen LogP) is 2.30. The second kappa shape index (κ2) is 6.51. The Hall–Kier alpha value is -1.40. The van der Waals surface area contributed by atoms with Crippen molar-refractivity contribution in [2.24, 2.45) is 0 Å². The van der Waals surface area contributed by atoms with Crippen molar-refractivity contribution in [2.45, 2.75) is 26.4 Å².